The average molecular weight is 678 g/mol. The van der Waals surface area contributed by atoms with E-state index in [1.54, 1.807) is 27.8 Å². The van der Waals surface area contributed by atoms with Crippen LogP contribution in [0.3, 0.4) is 0 Å². The molecule has 1 fully saturated rings. The molecule has 284 valence electrons. The Balaban J connectivity index is -0.000000709. The molecule has 0 heterocycles. The summed E-state index contributed by atoms with van der Waals surface area (Å²) in [4.78, 5) is 44.8. The van der Waals surface area contributed by atoms with Crippen LogP contribution in [0.5, 0.6) is 0 Å². The predicted octanol–water partition coefficient (Wildman–Crippen LogP) is 12.2. The summed E-state index contributed by atoms with van der Waals surface area (Å²) < 4.78 is 0. The number of amides is 1. The van der Waals surface area contributed by atoms with Crippen LogP contribution in [0, 0.1) is 41.4 Å². The number of hydrogen-bond donors (Lipinski definition) is 1. The topological polar surface area (TPSA) is 80.3 Å². The van der Waals surface area contributed by atoms with E-state index in [-0.39, 0.29) is 29.4 Å². The highest BCUT2D eigenvalue weighted by molar-refractivity contribution is 5.79. The molecule has 0 radical (unpaired) electrons. The molecule has 1 rings (SSSR count). The molecule has 5 nitrogen and oxygen atoms in total. The third-order valence-corrected chi connectivity index (χ3v) is 9.88. The van der Waals surface area contributed by atoms with Crippen molar-refractivity contribution >= 4 is 23.3 Å². The van der Waals surface area contributed by atoms with Gasteiger partial charge in [0.25, 0.3) is 0 Å². The zero-order valence-corrected chi connectivity index (χ0v) is 34.3. The molecule has 0 bridgehead atoms. The number of unbranched alkanes of at least 4 members (excludes halogenated alkanes) is 4. The maximum Gasteiger partial charge on any atom is 0.223 e. The Morgan fingerprint density at radius 3 is 1.71 bits per heavy atom. The van der Waals surface area contributed by atoms with Crippen LogP contribution in [-0.2, 0) is 19.2 Å². The van der Waals surface area contributed by atoms with Crippen LogP contribution in [0.1, 0.15) is 192 Å². The van der Waals surface area contributed by atoms with Gasteiger partial charge in [0.15, 0.2) is 0 Å². The summed E-state index contributed by atoms with van der Waals surface area (Å²) in [7, 11) is 1.71. The van der Waals surface area contributed by atoms with Crippen molar-refractivity contribution in [3.8, 4) is 0 Å². The summed E-state index contributed by atoms with van der Waals surface area (Å²) in [6, 6.07) is 0. The molecule has 1 aliphatic carbocycles. The molecule has 1 N–H and O–H groups in total. The van der Waals surface area contributed by atoms with Gasteiger partial charge in [-0.2, -0.15) is 0 Å². The Hall–Kier alpha value is -1.78. The molecule has 0 aromatic rings. The average Bonchev–Trinajstić information content (AvgIpc) is 3.51. The van der Waals surface area contributed by atoms with Gasteiger partial charge in [0, 0.05) is 31.2 Å². The van der Waals surface area contributed by atoms with Gasteiger partial charge < -0.3 is 10.1 Å². The first-order valence-electron chi connectivity index (χ1n) is 20.0. The number of carbonyl (C=O) groups excluding carboxylic acids is 4. The number of rotatable bonds is 21. The zero-order valence-electron chi connectivity index (χ0n) is 34.3. The van der Waals surface area contributed by atoms with E-state index in [0.29, 0.717) is 29.3 Å². The fourth-order valence-corrected chi connectivity index (χ4v) is 6.55. The second-order valence-electron chi connectivity index (χ2n) is 15.0. The number of carbonyl (C=O) groups is 4. The minimum absolute atomic E-state index is 0.0353. The summed E-state index contributed by atoms with van der Waals surface area (Å²) in [5.74, 6) is 3.90. The van der Waals surface area contributed by atoms with Gasteiger partial charge in [-0.25, -0.2) is 0 Å². The molecule has 0 aromatic heterocycles. The maximum absolute atomic E-state index is 12.0. The predicted molar refractivity (Wildman–Crippen MR) is 209 cm³/mol. The summed E-state index contributed by atoms with van der Waals surface area (Å²) in [6.07, 6.45) is 24.4. The molecule has 0 spiro atoms. The summed E-state index contributed by atoms with van der Waals surface area (Å²) in [5, 5.41) is 2.78. The largest absolute Gasteiger partial charge is 0.359 e. The number of Topliss-reactive ketones (excluding diaryl/α,β-unsaturated/α-hetero) is 3. The highest BCUT2D eigenvalue weighted by Crippen LogP contribution is 2.25. The summed E-state index contributed by atoms with van der Waals surface area (Å²) in [5.41, 5.74) is 0. The molecule has 1 amide bonds. The smallest absolute Gasteiger partial charge is 0.223 e. The molecule has 0 aliphatic heterocycles. The Labute approximate surface area is 300 Å². The Morgan fingerprint density at radius 1 is 0.750 bits per heavy atom. The second-order valence-corrected chi connectivity index (χ2v) is 15.0. The van der Waals surface area contributed by atoms with Crippen molar-refractivity contribution in [3.63, 3.8) is 0 Å². The fraction of sp³-hybridized carbons (Fsp3) is 0.860. The minimum Gasteiger partial charge on any atom is -0.359 e. The lowest BCUT2D eigenvalue weighted by molar-refractivity contribution is -0.127. The molecule has 48 heavy (non-hydrogen) atoms. The third kappa shape index (κ3) is 29.2. The maximum atomic E-state index is 12.0. The van der Waals surface area contributed by atoms with Gasteiger partial charge in [0.05, 0.1) is 0 Å². The molecule has 4 unspecified atom stereocenters. The van der Waals surface area contributed by atoms with E-state index in [9.17, 15) is 19.2 Å². The van der Waals surface area contributed by atoms with E-state index in [1.807, 2.05) is 6.92 Å². The third-order valence-electron chi connectivity index (χ3n) is 9.88. The second kappa shape index (κ2) is 33.7. The van der Waals surface area contributed by atoms with Crippen molar-refractivity contribution in [1.29, 1.82) is 0 Å². The molecule has 5 heteroatoms. The van der Waals surface area contributed by atoms with Crippen LogP contribution in [0.25, 0.3) is 0 Å². The molecule has 5 atom stereocenters. The van der Waals surface area contributed by atoms with Crippen molar-refractivity contribution in [2.45, 2.75) is 192 Å². The Bertz CT molecular complexity index is 827. The van der Waals surface area contributed by atoms with Gasteiger partial charge in [-0.3, -0.25) is 14.4 Å². The van der Waals surface area contributed by atoms with Crippen LogP contribution in [0.15, 0.2) is 12.2 Å². The van der Waals surface area contributed by atoms with E-state index >= 15 is 0 Å². The zero-order chi connectivity index (χ0) is 37.5. The van der Waals surface area contributed by atoms with Crippen molar-refractivity contribution < 1.29 is 19.2 Å². The van der Waals surface area contributed by atoms with Crippen molar-refractivity contribution in [3.05, 3.63) is 12.2 Å². The first-order chi connectivity index (χ1) is 22.6. The number of hydrogen-bond acceptors (Lipinski definition) is 4. The lowest BCUT2D eigenvalue weighted by Gasteiger charge is -2.23. The van der Waals surface area contributed by atoms with Gasteiger partial charge in [-0.1, -0.05) is 139 Å². The first-order valence-corrected chi connectivity index (χ1v) is 20.0. The van der Waals surface area contributed by atoms with Gasteiger partial charge >= 0.3 is 0 Å². The quantitative estimate of drug-likeness (QED) is 0.0968. The van der Waals surface area contributed by atoms with Crippen molar-refractivity contribution in [1.82, 2.24) is 5.32 Å². The van der Waals surface area contributed by atoms with Crippen LogP contribution >= 0.6 is 0 Å². The van der Waals surface area contributed by atoms with Gasteiger partial charge in [0.1, 0.15) is 17.3 Å². The Kier molecular flexibility index (Phi) is 35.5. The van der Waals surface area contributed by atoms with Crippen LogP contribution in [0.4, 0.5) is 0 Å². The fourth-order valence-electron chi connectivity index (χ4n) is 6.55. The van der Waals surface area contributed by atoms with Gasteiger partial charge in [-0.15, -0.1) is 0 Å². The van der Waals surface area contributed by atoms with Crippen LogP contribution < -0.4 is 5.32 Å². The molecule has 0 aromatic carbocycles. The summed E-state index contributed by atoms with van der Waals surface area (Å²) >= 11 is 0. The molecular weight excluding hydrogens is 594 g/mol. The number of ketones is 3. The molecule has 1 saturated carbocycles. The lowest BCUT2D eigenvalue weighted by atomic mass is 9.83. The van der Waals surface area contributed by atoms with Crippen LogP contribution in [-0.4, -0.2) is 30.3 Å². The van der Waals surface area contributed by atoms with Crippen molar-refractivity contribution in [2.75, 3.05) is 7.05 Å². The van der Waals surface area contributed by atoms with E-state index < -0.39 is 0 Å². The van der Waals surface area contributed by atoms with Gasteiger partial charge in [-0.05, 0) is 83.0 Å². The molecule has 0 saturated heterocycles. The summed E-state index contributed by atoms with van der Waals surface area (Å²) in [6.45, 7) is 24.4. The lowest BCUT2D eigenvalue weighted by Crippen LogP contribution is -2.34. The van der Waals surface area contributed by atoms with E-state index in [0.717, 1.165) is 70.1 Å². The highest BCUT2D eigenvalue weighted by atomic mass is 16.2. The first kappa shape index (κ1) is 50.6. The normalized spacial score (nSPS) is 15.9. The van der Waals surface area contributed by atoms with Crippen molar-refractivity contribution in [2.24, 2.45) is 41.4 Å². The Morgan fingerprint density at radius 2 is 1.35 bits per heavy atom. The van der Waals surface area contributed by atoms with E-state index in [2.05, 4.69) is 72.9 Å². The number of allylic oxidation sites excluding steroid dienone is 2. The molecular formula is C43H83NO4. The standard InChI is InChI=1S/C22H41NO2.C10H20O.C6H12.C5H10O/c1-8-17(4)20(19(6)24)15-13-11-9-10-12-14-18(5)21(16(2)3)22(25)23-7;1-4-6-8-10(7-5-2)9(3)11;1-6-4-2-3-5-6;1-3-4-5(2)6/h12,14,16-18,20-21H,8-11,13,15H2,1-7H3,(H,23,25);10H,4-8H2,1-3H3;6H,2-5H2,1H3;3-4H2,1-2H3/b14-12-;;;/t17?,18?,20-,21?;;;/m1.../s1. The SMILES string of the molecule is CC1CCCC1.CCC(C)[C@@H](CCCCC/C=C\C(C)C(C(=O)NC)C(C)C)C(C)=O.CCCC(C)=O.CCCCC(CCC)C(C)=O. The number of nitrogens with one attached hydrogen (secondary N) is 1. The highest BCUT2D eigenvalue weighted by Gasteiger charge is 2.25. The minimum atomic E-state index is 0.0353. The molecule has 1 aliphatic rings. The van der Waals surface area contributed by atoms with E-state index in [4.69, 9.17) is 0 Å². The monoisotopic (exact) mass is 678 g/mol. The van der Waals surface area contributed by atoms with Crippen LogP contribution in [0.2, 0.25) is 0 Å². The van der Waals surface area contributed by atoms with E-state index in [1.165, 1.54) is 44.9 Å². The van der Waals surface area contributed by atoms with Gasteiger partial charge in [0.2, 0.25) is 5.91 Å².